The van der Waals surface area contributed by atoms with Gasteiger partial charge in [-0.1, -0.05) is 30.0 Å². The number of thioether (sulfide) groups is 1. The number of nitrogens with zero attached hydrogens (tertiary/aromatic N) is 4. The minimum Gasteiger partial charge on any atom is -0.497 e. The lowest BCUT2D eigenvalue weighted by molar-refractivity contribution is -0.113. The van der Waals surface area contributed by atoms with E-state index in [4.69, 9.17) is 14.5 Å². The SMILES string of the molecule is COc1ccc(-c2nc3c(c4nnc(SCC(=O)Nc5ccccc5C)n24)COC(C)(C)C3)cc1. The lowest BCUT2D eigenvalue weighted by Gasteiger charge is -2.31. The van der Waals surface area contributed by atoms with Crippen molar-refractivity contribution < 1.29 is 14.3 Å². The number of fused-ring (bicyclic) bond motifs is 3. The zero-order valence-corrected chi connectivity index (χ0v) is 21.0. The first-order valence-electron chi connectivity index (χ1n) is 11.4. The summed E-state index contributed by atoms with van der Waals surface area (Å²) in [5.74, 6) is 1.58. The van der Waals surface area contributed by atoms with E-state index in [1.54, 1.807) is 7.11 Å². The number of carbonyl (C=O) groups excluding carboxylic acids is 1. The molecule has 0 fully saturated rings. The van der Waals surface area contributed by atoms with Crippen LogP contribution in [0, 0.1) is 6.92 Å². The van der Waals surface area contributed by atoms with Gasteiger partial charge in [-0.05, 0) is 56.7 Å². The first kappa shape index (κ1) is 23.3. The van der Waals surface area contributed by atoms with Gasteiger partial charge < -0.3 is 14.8 Å². The number of hydrogen-bond donors (Lipinski definition) is 1. The van der Waals surface area contributed by atoms with Gasteiger partial charge >= 0.3 is 0 Å². The highest BCUT2D eigenvalue weighted by atomic mass is 32.2. The number of aromatic nitrogens is 4. The van der Waals surface area contributed by atoms with Gasteiger partial charge in [0.1, 0.15) is 11.6 Å². The van der Waals surface area contributed by atoms with Gasteiger partial charge in [0.25, 0.3) is 0 Å². The Balaban J connectivity index is 1.51. The van der Waals surface area contributed by atoms with E-state index < -0.39 is 0 Å². The summed E-state index contributed by atoms with van der Waals surface area (Å²) < 4.78 is 13.3. The van der Waals surface area contributed by atoms with Crippen LogP contribution in [0.15, 0.2) is 53.7 Å². The molecular formula is C26H27N5O3S. The largest absolute Gasteiger partial charge is 0.497 e. The van der Waals surface area contributed by atoms with Gasteiger partial charge in [-0.15, -0.1) is 10.2 Å². The summed E-state index contributed by atoms with van der Waals surface area (Å²) in [6, 6.07) is 15.5. The van der Waals surface area contributed by atoms with Gasteiger partial charge in [-0.3, -0.25) is 9.20 Å². The summed E-state index contributed by atoms with van der Waals surface area (Å²) in [6.07, 6.45) is 0.677. The third kappa shape index (κ3) is 4.74. The Kier molecular flexibility index (Phi) is 6.21. The Morgan fingerprint density at radius 3 is 2.69 bits per heavy atom. The van der Waals surface area contributed by atoms with Crippen molar-refractivity contribution in [2.45, 2.75) is 44.6 Å². The predicted octanol–water partition coefficient (Wildman–Crippen LogP) is 4.69. The zero-order valence-electron chi connectivity index (χ0n) is 20.2. The molecule has 5 rings (SSSR count). The molecule has 2 aromatic carbocycles. The topological polar surface area (TPSA) is 90.6 Å². The van der Waals surface area contributed by atoms with E-state index in [2.05, 4.69) is 29.4 Å². The summed E-state index contributed by atoms with van der Waals surface area (Å²) in [6.45, 7) is 6.51. The van der Waals surface area contributed by atoms with E-state index in [1.807, 2.05) is 59.9 Å². The highest BCUT2D eigenvalue weighted by molar-refractivity contribution is 7.99. The Bertz CT molecular complexity index is 1400. The van der Waals surface area contributed by atoms with E-state index in [1.165, 1.54) is 11.8 Å². The van der Waals surface area contributed by atoms with Crippen LogP contribution >= 0.6 is 11.8 Å². The Labute approximate surface area is 208 Å². The molecule has 0 spiro atoms. The van der Waals surface area contributed by atoms with Gasteiger partial charge in [0.05, 0.1) is 30.8 Å². The fourth-order valence-electron chi connectivity index (χ4n) is 4.10. The standard InChI is InChI=1S/C26H27N5O3S/c1-16-7-5-6-8-20(16)27-22(32)15-35-25-30-29-24-19-14-34-26(2,3)13-21(19)28-23(31(24)25)17-9-11-18(33-4)12-10-17/h5-12H,13-15H2,1-4H3,(H,27,32). The summed E-state index contributed by atoms with van der Waals surface area (Å²) in [7, 11) is 1.64. The number of para-hydroxylation sites is 1. The molecule has 9 heteroatoms. The summed E-state index contributed by atoms with van der Waals surface area (Å²) in [4.78, 5) is 17.7. The second kappa shape index (κ2) is 9.31. The number of ether oxygens (including phenoxy) is 2. The van der Waals surface area contributed by atoms with Gasteiger partial charge in [0.2, 0.25) is 5.91 Å². The van der Waals surface area contributed by atoms with E-state index in [0.717, 1.165) is 39.6 Å². The monoisotopic (exact) mass is 489 g/mol. The second-order valence-electron chi connectivity index (χ2n) is 9.11. The molecule has 1 aliphatic rings. The maximum atomic E-state index is 12.7. The van der Waals surface area contributed by atoms with E-state index in [-0.39, 0.29) is 17.3 Å². The van der Waals surface area contributed by atoms with Crippen LogP contribution in [0.1, 0.15) is 30.7 Å². The Hall–Kier alpha value is -3.43. The molecule has 35 heavy (non-hydrogen) atoms. The molecule has 0 saturated heterocycles. The molecule has 0 aliphatic carbocycles. The molecule has 180 valence electrons. The molecule has 1 N–H and O–H groups in total. The molecule has 1 amide bonds. The molecule has 1 aliphatic heterocycles. The van der Waals surface area contributed by atoms with Crippen molar-refractivity contribution in [1.82, 2.24) is 19.6 Å². The number of methoxy groups -OCH3 is 1. The summed E-state index contributed by atoms with van der Waals surface area (Å²) in [5.41, 5.74) is 5.02. The van der Waals surface area contributed by atoms with E-state index >= 15 is 0 Å². The summed E-state index contributed by atoms with van der Waals surface area (Å²) in [5, 5.41) is 12.5. The summed E-state index contributed by atoms with van der Waals surface area (Å²) >= 11 is 1.33. The first-order chi connectivity index (χ1) is 16.8. The first-order valence-corrected chi connectivity index (χ1v) is 12.4. The number of hydrogen-bond acceptors (Lipinski definition) is 7. The average molecular weight is 490 g/mol. The molecule has 2 aromatic heterocycles. The molecule has 4 aromatic rings. The minimum absolute atomic E-state index is 0.108. The van der Waals surface area contributed by atoms with Crippen LogP contribution in [0.25, 0.3) is 17.0 Å². The number of amides is 1. The second-order valence-corrected chi connectivity index (χ2v) is 10.1. The quantitative estimate of drug-likeness (QED) is 0.393. The van der Waals surface area contributed by atoms with Gasteiger partial charge in [-0.2, -0.15) is 0 Å². The van der Waals surface area contributed by atoms with Crippen LogP contribution in [0.5, 0.6) is 5.75 Å². The van der Waals surface area contributed by atoms with Gasteiger partial charge in [-0.25, -0.2) is 4.98 Å². The molecular weight excluding hydrogens is 462 g/mol. The van der Waals surface area contributed by atoms with E-state index in [9.17, 15) is 4.79 Å². The Morgan fingerprint density at radius 2 is 1.94 bits per heavy atom. The highest BCUT2D eigenvalue weighted by Crippen LogP contribution is 2.34. The van der Waals surface area contributed by atoms with Crippen molar-refractivity contribution in [2.75, 3.05) is 18.2 Å². The van der Waals surface area contributed by atoms with Crippen molar-refractivity contribution in [3.8, 4) is 17.1 Å². The molecule has 0 saturated carbocycles. The third-order valence-corrected chi connectivity index (χ3v) is 6.93. The van der Waals surface area contributed by atoms with Crippen LogP contribution < -0.4 is 10.1 Å². The fraction of sp³-hybridized carbons (Fsp3) is 0.308. The van der Waals surface area contributed by atoms with Crippen LogP contribution in [0.3, 0.4) is 0 Å². The molecule has 0 radical (unpaired) electrons. The molecule has 3 heterocycles. The van der Waals surface area contributed by atoms with Crippen molar-refractivity contribution >= 4 is 29.0 Å². The highest BCUT2D eigenvalue weighted by Gasteiger charge is 2.31. The Morgan fingerprint density at radius 1 is 1.17 bits per heavy atom. The number of anilines is 1. The van der Waals surface area contributed by atoms with Gasteiger partial charge in [0, 0.05) is 23.2 Å². The maximum Gasteiger partial charge on any atom is 0.234 e. The molecule has 0 unspecified atom stereocenters. The minimum atomic E-state index is -0.305. The third-order valence-electron chi connectivity index (χ3n) is 6.00. The smallest absolute Gasteiger partial charge is 0.234 e. The predicted molar refractivity (Wildman–Crippen MR) is 136 cm³/mol. The number of nitrogens with one attached hydrogen (secondary N) is 1. The number of benzene rings is 2. The number of aryl methyl sites for hydroxylation is 1. The van der Waals surface area contributed by atoms with Crippen LogP contribution in [0.4, 0.5) is 5.69 Å². The van der Waals surface area contributed by atoms with Crippen molar-refractivity contribution in [1.29, 1.82) is 0 Å². The van der Waals surface area contributed by atoms with Gasteiger partial charge in [0.15, 0.2) is 10.8 Å². The van der Waals surface area contributed by atoms with E-state index in [0.29, 0.717) is 23.8 Å². The zero-order chi connectivity index (χ0) is 24.6. The van der Waals surface area contributed by atoms with Crippen molar-refractivity contribution in [3.05, 3.63) is 65.4 Å². The van der Waals surface area contributed by atoms with Crippen LogP contribution in [-0.4, -0.2) is 44.0 Å². The lowest BCUT2D eigenvalue weighted by atomic mass is 9.96. The normalized spacial score (nSPS) is 14.5. The van der Waals surface area contributed by atoms with Crippen LogP contribution in [-0.2, 0) is 22.6 Å². The fourth-order valence-corrected chi connectivity index (χ4v) is 4.84. The maximum absolute atomic E-state index is 12.7. The molecule has 0 atom stereocenters. The average Bonchev–Trinajstić information content (AvgIpc) is 3.27. The van der Waals surface area contributed by atoms with Crippen LogP contribution in [0.2, 0.25) is 0 Å². The number of carbonyl (C=O) groups is 1. The molecule has 8 nitrogen and oxygen atoms in total. The van der Waals surface area contributed by atoms with Crippen molar-refractivity contribution in [2.24, 2.45) is 0 Å². The van der Waals surface area contributed by atoms with Crippen molar-refractivity contribution in [3.63, 3.8) is 0 Å². The lowest BCUT2D eigenvalue weighted by Crippen LogP contribution is -2.33. The number of rotatable bonds is 6. The molecule has 0 bridgehead atoms.